The molecule has 0 radical (unpaired) electrons. The van der Waals surface area contributed by atoms with Gasteiger partial charge in [-0.15, -0.1) is 0 Å². The number of amides is 1. The second-order valence-electron chi connectivity index (χ2n) is 14.8. The Bertz CT molecular complexity index is 2670. The number of primary amides is 1. The number of carbonyl (C=O) groups excluding carboxylic acids is 2. The number of Topliss-reactive ketones (excluding diaryl/α,β-unsaturated/α-hetero) is 1. The molecule has 61 heavy (non-hydrogen) atoms. The van der Waals surface area contributed by atoms with Crippen LogP contribution in [0.2, 0.25) is 0 Å². The van der Waals surface area contributed by atoms with Crippen LogP contribution >= 0.6 is 0 Å². The number of ketones is 1. The third kappa shape index (κ3) is 9.75. The molecule has 2 aliphatic rings. The van der Waals surface area contributed by atoms with Crippen molar-refractivity contribution >= 4 is 45.5 Å². The molecular formula is C50H46N4O6S. The lowest BCUT2D eigenvalue weighted by molar-refractivity contribution is -0.117. The highest BCUT2D eigenvalue weighted by Crippen LogP contribution is 2.40. The zero-order valence-corrected chi connectivity index (χ0v) is 34.4. The Hall–Kier alpha value is -6.95. The fourth-order valence-corrected chi connectivity index (χ4v) is 9.31. The maximum atomic E-state index is 12.4. The number of rotatable bonds is 9. The average molecular weight is 831 g/mol. The molecule has 11 heteroatoms. The molecule has 0 fully saturated rings. The number of benzene rings is 6. The van der Waals surface area contributed by atoms with E-state index in [-0.39, 0.29) is 40.6 Å². The van der Waals surface area contributed by atoms with Gasteiger partial charge < -0.3 is 30.4 Å². The van der Waals surface area contributed by atoms with Crippen LogP contribution in [0.15, 0.2) is 178 Å². The predicted molar refractivity (Wildman–Crippen MR) is 242 cm³/mol. The maximum absolute atomic E-state index is 12.4. The van der Waals surface area contributed by atoms with Crippen LogP contribution in [0.4, 0.5) is 5.69 Å². The van der Waals surface area contributed by atoms with Gasteiger partial charge in [-0.25, -0.2) is 4.79 Å². The molecule has 0 saturated carbocycles. The highest BCUT2D eigenvalue weighted by molar-refractivity contribution is 7.92. The number of anilines is 1. The molecule has 5 N–H and O–H groups in total. The van der Waals surface area contributed by atoms with E-state index in [0.29, 0.717) is 16.9 Å². The number of carbonyl (C=O) groups is 2. The Morgan fingerprint density at radius 3 is 1.95 bits per heavy atom. The van der Waals surface area contributed by atoms with Crippen LogP contribution in [0.25, 0.3) is 11.0 Å². The molecule has 0 saturated heterocycles. The average Bonchev–Trinajstić information content (AvgIpc) is 3.58. The minimum absolute atomic E-state index is 0.0641. The number of aliphatic imine (C=N–C) groups is 1. The van der Waals surface area contributed by atoms with Crippen LogP contribution in [0.3, 0.4) is 0 Å². The fourth-order valence-electron chi connectivity index (χ4n) is 7.94. The van der Waals surface area contributed by atoms with Crippen molar-refractivity contribution in [3.8, 4) is 5.75 Å². The topological polar surface area (TPSA) is 175 Å². The van der Waals surface area contributed by atoms with Crippen molar-refractivity contribution in [3.63, 3.8) is 0 Å². The van der Waals surface area contributed by atoms with Crippen molar-refractivity contribution in [1.29, 1.82) is 0 Å². The van der Waals surface area contributed by atoms with Crippen molar-refractivity contribution in [2.24, 2.45) is 16.5 Å². The summed E-state index contributed by atoms with van der Waals surface area (Å²) in [5, 5.41) is 10.7. The molecule has 0 aliphatic carbocycles. The summed E-state index contributed by atoms with van der Waals surface area (Å²) in [5.41, 5.74) is 19.0. The van der Waals surface area contributed by atoms with Crippen LogP contribution in [0.1, 0.15) is 69.5 Å². The van der Waals surface area contributed by atoms with E-state index in [0.717, 1.165) is 29.7 Å². The number of nitrogens with zero attached hydrogens (tertiary/aromatic N) is 2. The van der Waals surface area contributed by atoms with Crippen molar-refractivity contribution in [2.45, 2.75) is 37.0 Å². The molecule has 10 nitrogen and oxygen atoms in total. The molecule has 1 aromatic heterocycles. The van der Waals surface area contributed by atoms with E-state index in [1.54, 1.807) is 24.3 Å². The Kier molecular flexibility index (Phi) is 13.4. The van der Waals surface area contributed by atoms with E-state index in [9.17, 15) is 24.0 Å². The molecule has 9 rings (SSSR count). The lowest BCUT2D eigenvalue weighted by Crippen LogP contribution is -2.36. The second-order valence-corrected chi connectivity index (χ2v) is 16.3. The van der Waals surface area contributed by atoms with Gasteiger partial charge in [0.25, 0.3) is 5.91 Å². The Morgan fingerprint density at radius 2 is 1.33 bits per heavy atom. The molecule has 3 unspecified atom stereocenters. The first-order chi connectivity index (χ1) is 29.6. The van der Waals surface area contributed by atoms with Crippen molar-refractivity contribution in [3.05, 3.63) is 213 Å². The fraction of sp³-hybridized carbons (Fsp3) is 0.160. The van der Waals surface area contributed by atoms with Crippen molar-refractivity contribution < 1.29 is 23.7 Å². The molecule has 3 atom stereocenters. The first kappa shape index (κ1) is 42.2. The first-order valence-electron chi connectivity index (χ1n) is 19.9. The second kappa shape index (κ2) is 19.4. The van der Waals surface area contributed by atoms with Crippen LogP contribution in [-0.4, -0.2) is 39.6 Å². The van der Waals surface area contributed by atoms with Crippen LogP contribution in [0, 0.1) is 0 Å². The number of nitrogens with two attached hydrogens (primary N) is 2. The molecular weight excluding hydrogens is 785 g/mol. The highest BCUT2D eigenvalue weighted by Gasteiger charge is 2.34. The van der Waals surface area contributed by atoms with E-state index in [2.05, 4.69) is 58.4 Å². The molecule has 0 bridgehead atoms. The third-order valence-electron chi connectivity index (χ3n) is 10.6. The SMILES string of the molecule is CC(=O)CC(c1ccccc1)c1c(O)c2ccccc2oc1=O.NC(=O)C[S+]([O-])C(c1ccccc1)c1ccccc1.NC1=NCC2c3ccccc3Cc3ccccc3N12. The summed E-state index contributed by atoms with van der Waals surface area (Å²) in [5.74, 6) is -0.759. The quantitative estimate of drug-likeness (QED) is 0.0967. The van der Waals surface area contributed by atoms with Gasteiger partial charge in [0.2, 0.25) is 0 Å². The lowest BCUT2D eigenvalue weighted by atomic mass is 9.87. The zero-order valence-electron chi connectivity index (χ0n) is 33.6. The molecule has 308 valence electrons. The van der Waals surface area contributed by atoms with Crippen molar-refractivity contribution in [2.75, 3.05) is 17.2 Å². The van der Waals surface area contributed by atoms with Crippen molar-refractivity contribution in [1.82, 2.24) is 0 Å². The van der Waals surface area contributed by atoms with Crippen LogP contribution < -0.4 is 22.0 Å². The minimum atomic E-state index is -1.36. The maximum Gasteiger partial charge on any atom is 0.343 e. The van der Waals surface area contributed by atoms with E-state index in [1.807, 2.05) is 91.0 Å². The van der Waals surface area contributed by atoms with Crippen LogP contribution in [-0.2, 0) is 27.2 Å². The molecule has 0 spiro atoms. The van der Waals surface area contributed by atoms with Gasteiger partial charge in [-0.3, -0.25) is 14.6 Å². The normalized spacial score (nSPS) is 14.7. The highest BCUT2D eigenvalue weighted by atomic mass is 32.2. The Balaban J connectivity index is 0.000000139. The molecule has 7 aromatic rings. The van der Waals surface area contributed by atoms with Gasteiger partial charge in [-0.05, 0) is 65.0 Å². The lowest BCUT2D eigenvalue weighted by Gasteiger charge is -2.26. The summed E-state index contributed by atoms with van der Waals surface area (Å²) < 4.78 is 17.7. The largest absolute Gasteiger partial charge is 0.615 e. The number of hydrogen-bond donors (Lipinski definition) is 3. The number of guanidine groups is 1. The number of para-hydroxylation sites is 2. The van der Waals surface area contributed by atoms with E-state index in [4.69, 9.17) is 15.9 Å². The van der Waals surface area contributed by atoms with E-state index in [1.165, 1.54) is 29.3 Å². The van der Waals surface area contributed by atoms with Gasteiger partial charge in [0.1, 0.15) is 17.1 Å². The summed E-state index contributed by atoms with van der Waals surface area (Å²) in [4.78, 5) is 41.7. The Labute approximate surface area is 357 Å². The summed E-state index contributed by atoms with van der Waals surface area (Å²) in [6.07, 6.45) is 1.09. The molecule has 2 aliphatic heterocycles. The van der Waals surface area contributed by atoms with E-state index >= 15 is 0 Å². The number of aromatic hydroxyl groups is 1. The van der Waals surface area contributed by atoms with Crippen LogP contribution in [0.5, 0.6) is 5.75 Å². The summed E-state index contributed by atoms with van der Waals surface area (Å²) >= 11 is -1.36. The minimum Gasteiger partial charge on any atom is -0.615 e. The summed E-state index contributed by atoms with van der Waals surface area (Å²) in [6.45, 7) is 2.22. The predicted octanol–water partition coefficient (Wildman–Crippen LogP) is 8.09. The number of hydrogen-bond acceptors (Lipinski definition) is 9. The number of fused-ring (bicyclic) bond motifs is 6. The Morgan fingerprint density at radius 1 is 0.787 bits per heavy atom. The molecule has 6 aromatic carbocycles. The third-order valence-corrected chi connectivity index (χ3v) is 12.3. The monoisotopic (exact) mass is 830 g/mol. The molecule has 3 heterocycles. The standard InChI is InChI=1S/C19H16O4.C16H15N3.C15H15NO2S/c1-12(20)11-15(13-7-3-2-4-8-13)17-18(21)14-9-5-6-10-16(14)23-19(17)22;17-16-18-10-15-13-7-3-1-5-11(13)9-12-6-2-4-8-14(12)19(15)16;16-14(17)11-19(18)15(12-7-3-1-4-8-12)13-9-5-2-6-10-13/h2-10,15,21H,11H2,1H3;1-8,15H,9-10H2,(H2,17,18);1-10,15H,11H2,(H2,16,17). The summed E-state index contributed by atoms with van der Waals surface area (Å²) in [6, 6.07) is 52.4. The van der Waals surface area contributed by atoms with E-state index < -0.39 is 28.6 Å². The smallest absolute Gasteiger partial charge is 0.343 e. The van der Waals surface area contributed by atoms with Gasteiger partial charge in [-0.2, -0.15) is 0 Å². The van der Waals surface area contributed by atoms with Gasteiger partial charge in [-0.1, -0.05) is 146 Å². The summed E-state index contributed by atoms with van der Waals surface area (Å²) in [7, 11) is 0. The van der Waals surface area contributed by atoms with Gasteiger partial charge >= 0.3 is 5.63 Å². The first-order valence-corrected chi connectivity index (χ1v) is 21.3. The molecule has 1 amide bonds. The van der Waals surface area contributed by atoms with Gasteiger partial charge in [0.15, 0.2) is 17.0 Å². The van der Waals surface area contributed by atoms with Gasteiger partial charge in [0.05, 0.1) is 23.5 Å². The van der Waals surface area contributed by atoms with Gasteiger partial charge in [0, 0.05) is 29.2 Å². The zero-order chi connectivity index (χ0) is 42.9.